The standard InChI is InChI=1S/C15H18N2O3S/c1-11-9-17(10-12(2)20-11)21(18,19)15-5-3-4-13-8-16-7-6-14(13)15/h3-8,11-12H,9-10H2,1-2H3/t11-,12+. The van der Waals surface area contributed by atoms with Crippen LogP contribution in [0.25, 0.3) is 10.8 Å². The fraction of sp³-hybridized carbons (Fsp3) is 0.400. The maximum absolute atomic E-state index is 12.9. The molecule has 6 heteroatoms. The Morgan fingerprint density at radius 3 is 2.62 bits per heavy atom. The molecule has 112 valence electrons. The number of morpholine rings is 1. The van der Waals surface area contributed by atoms with Crippen molar-refractivity contribution in [3.8, 4) is 0 Å². The SMILES string of the molecule is C[C@@H]1CN(S(=O)(=O)c2cccc3cnccc23)C[C@H](C)O1. The van der Waals surface area contributed by atoms with Gasteiger partial charge in [0.05, 0.1) is 17.1 Å². The monoisotopic (exact) mass is 306 g/mol. The van der Waals surface area contributed by atoms with Gasteiger partial charge in [-0.15, -0.1) is 0 Å². The molecule has 0 amide bonds. The zero-order chi connectivity index (χ0) is 15.0. The van der Waals surface area contributed by atoms with Crippen LogP contribution < -0.4 is 0 Å². The van der Waals surface area contributed by atoms with E-state index in [9.17, 15) is 8.42 Å². The molecule has 1 fully saturated rings. The Morgan fingerprint density at radius 1 is 1.19 bits per heavy atom. The highest BCUT2D eigenvalue weighted by atomic mass is 32.2. The lowest BCUT2D eigenvalue weighted by Gasteiger charge is -2.34. The van der Waals surface area contributed by atoms with Crippen molar-refractivity contribution in [2.45, 2.75) is 31.0 Å². The Labute approximate surface area is 124 Å². The van der Waals surface area contributed by atoms with Gasteiger partial charge in [-0.2, -0.15) is 4.31 Å². The number of benzene rings is 1. The Morgan fingerprint density at radius 2 is 1.90 bits per heavy atom. The molecule has 0 radical (unpaired) electrons. The topological polar surface area (TPSA) is 59.5 Å². The number of aromatic nitrogens is 1. The van der Waals surface area contributed by atoms with Crippen LogP contribution in [-0.2, 0) is 14.8 Å². The first kappa shape index (κ1) is 14.4. The number of nitrogens with zero attached hydrogens (tertiary/aromatic N) is 2. The second kappa shape index (κ2) is 5.36. The molecule has 2 atom stereocenters. The summed E-state index contributed by atoms with van der Waals surface area (Å²) in [4.78, 5) is 4.38. The molecular formula is C15H18N2O3S. The number of pyridine rings is 1. The molecule has 0 spiro atoms. The van der Waals surface area contributed by atoms with Crippen LogP contribution in [0, 0.1) is 0 Å². The van der Waals surface area contributed by atoms with Crippen LogP contribution in [0.5, 0.6) is 0 Å². The van der Waals surface area contributed by atoms with E-state index in [-0.39, 0.29) is 12.2 Å². The first-order chi connectivity index (χ1) is 9.98. The molecule has 2 aromatic rings. The lowest BCUT2D eigenvalue weighted by atomic mass is 10.2. The van der Waals surface area contributed by atoms with E-state index in [0.717, 1.165) is 5.39 Å². The summed E-state index contributed by atoms with van der Waals surface area (Å²) < 4.78 is 33.0. The summed E-state index contributed by atoms with van der Waals surface area (Å²) in [5.41, 5.74) is 0. The predicted molar refractivity (Wildman–Crippen MR) is 80.5 cm³/mol. The van der Waals surface area contributed by atoms with Crippen LogP contribution >= 0.6 is 0 Å². The van der Waals surface area contributed by atoms with Crippen molar-refractivity contribution in [1.82, 2.24) is 9.29 Å². The van der Waals surface area contributed by atoms with Gasteiger partial charge in [0.1, 0.15) is 0 Å². The van der Waals surface area contributed by atoms with Gasteiger partial charge in [0.15, 0.2) is 0 Å². The minimum Gasteiger partial charge on any atom is -0.373 e. The zero-order valence-electron chi connectivity index (χ0n) is 12.1. The number of sulfonamides is 1. The summed E-state index contributed by atoms with van der Waals surface area (Å²) in [6.07, 6.45) is 3.10. The van der Waals surface area contributed by atoms with Gasteiger partial charge in [0.25, 0.3) is 0 Å². The molecule has 1 saturated heterocycles. The van der Waals surface area contributed by atoms with E-state index in [2.05, 4.69) is 4.98 Å². The Balaban J connectivity index is 2.08. The van der Waals surface area contributed by atoms with Crippen LogP contribution in [0.4, 0.5) is 0 Å². The normalized spacial score (nSPS) is 24.3. The highest BCUT2D eigenvalue weighted by Crippen LogP contribution is 2.27. The van der Waals surface area contributed by atoms with Crippen molar-refractivity contribution >= 4 is 20.8 Å². The average Bonchev–Trinajstić information content (AvgIpc) is 2.45. The molecule has 0 N–H and O–H groups in total. The van der Waals surface area contributed by atoms with Crippen molar-refractivity contribution < 1.29 is 13.2 Å². The first-order valence-corrected chi connectivity index (χ1v) is 8.41. The summed E-state index contributed by atoms with van der Waals surface area (Å²) in [6, 6.07) is 7.02. The van der Waals surface area contributed by atoms with E-state index in [1.165, 1.54) is 4.31 Å². The molecule has 2 heterocycles. The van der Waals surface area contributed by atoms with Crippen molar-refractivity contribution in [1.29, 1.82) is 0 Å². The molecule has 1 aromatic heterocycles. The molecule has 1 aliphatic rings. The molecule has 1 aromatic carbocycles. The molecule has 3 rings (SSSR count). The number of hydrogen-bond acceptors (Lipinski definition) is 4. The third-order valence-electron chi connectivity index (χ3n) is 3.64. The van der Waals surface area contributed by atoms with E-state index in [4.69, 9.17) is 4.74 Å². The average molecular weight is 306 g/mol. The lowest BCUT2D eigenvalue weighted by Crippen LogP contribution is -2.48. The third-order valence-corrected chi connectivity index (χ3v) is 5.53. The number of ether oxygens (including phenoxy) is 1. The van der Waals surface area contributed by atoms with Crippen molar-refractivity contribution in [2.24, 2.45) is 0 Å². The summed E-state index contributed by atoms with van der Waals surface area (Å²) in [6.45, 7) is 4.55. The Bertz CT molecular complexity index is 745. The summed E-state index contributed by atoms with van der Waals surface area (Å²) in [7, 11) is -3.53. The molecule has 0 saturated carbocycles. The van der Waals surface area contributed by atoms with E-state index < -0.39 is 10.0 Å². The first-order valence-electron chi connectivity index (χ1n) is 6.97. The smallest absolute Gasteiger partial charge is 0.243 e. The van der Waals surface area contributed by atoms with Gasteiger partial charge in [-0.1, -0.05) is 12.1 Å². The lowest BCUT2D eigenvalue weighted by molar-refractivity contribution is -0.0440. The van der Waals surface area contributed by atoms with E-state index in [1.54, 1.807) is 30.6 Å². The maximum atomic E-state index is 12.9. The van der Waals surface area contributed by atoms with E-state index in [1.807, 2.05) is 19.9 Å². The molecular weight excluding hydrogens is 288 g/mol. The van der Waals surface area contributed by atoms with Crippen molar-refractivity contribution in [2.75, 3.05) is 13.1 Å². The van der Waals surface area contributed by atoms with Gasteiger partial charge in [-0.25, -0.2) is 8.42 Å². The highest BCUT2D eigenvalue weighted by molar-refractivity contribution is 7.89. The van der Waals surface area contributed by atoms with Crippen LogP contribution in [-0.4, -0.2) is 43.0 Å². The van der Waals surface area contributed by atoms with Crippen molar-refractivity contribution in [3.05, 3.63) is 36.7 Å². The van der Waals surface area contributed by atoms with Gasteiger partial charge >= 0.3 is 0 Å². The highest BCUT2D eigenvalue weighted by Gasteiger charge is 2.32. The summed E-state index contributed by atoms with van der Waals surface area (Å²) in [5, 5.41) is 1.53. The summed E-state index contributed by atoms with van der Waals surface area (Å²) >= 11 is 0. The second-order valence-corrected chi connectivity index (χ2v) is 7.34. The van der Waals surface area contributed by atoms with Crippen LogP contribution in [0.15, 0.2) is 41.6 Å². The fourth-order valence-corrected chi connectivity index (χ4v) is 4.59. The maximum Gasteiger partial charge on any atom is 0.243 e. The van der Waals surface area contributed by atoms with E-state index in [0.29, 0.717) is 23.4 Å². The molecule has 21 heavy (non-hydrogen) atoms. The second-order valence-electron chi connectivity index (χ2n) is 5.43. The fourth-order valence-electron chi connectivity index (χ4n) is 2.78. The number of rotatable bonds is 2. The molecule has 0 bridgehead atoms. The predicted octanol–water partition coefficient (Wildman–Crippen LogP) is 2.03. The van der Waals surface area contributed by atoms with Gasteiger partial charge in [0.2, 0.25) is 10.0 Å². The molecule has 1 aliphatic heterocycles. The zero-order valence-corrected chi connectivity index (χ0v) is 12.9. The largest absolute Gasteiger partial charge is 0.373 e. The third kappa shape index (κ3) is 2.66. The Hall–Kier alpha value is -1.50. The number of hydrogen-bond donors (Lipinski definition) is 0. The van der Waals surface area contributed by atoms with Gasteiger partial charge in [-0.3, -0.25) is 4.98 Å². The van der Waals surface area contributed by atoms with Crippen LogP contribution in [0.2, 0.25) is 0 Å². The molecule has 5 nitrogen and oxygen atoms in total. The minimum atomic E-state index is -3.53. The minimum absolute atomic E-state index is 0.0971. The van der Waals surface area contributed by atoms with Crippen LogP contribution in [0.3, 0.4) is 0 Å². The van der Waals surface area contributed by atoms with Gasteiger partial charge in [0, 0.05) is 36.3 Å². The Kier molecular flexibility index (Phi) is 3.69. The molecule has 0 unspecified atom stereocenters. The van der Waals surface area contributed by atoms with Crippen LogP contribution in [0.1, 0.15) is 13.8 Å². The van der Waals surface area contributed by atoms with E-state index >= 15 is 0 Å². The number of fused-ring (bicyclic) bond motifs is 1. The van der Waals surface area contributed by atoms with Gasteiger partial charge < -0.3 is 4.74 Å². The summed E-state index contributed by atoms with van der Waals surface area (Å²) in [5.74, 6) is 0. The van der Waals surface area contributed by atoms with Crippen molar-refractivity contribution in [3.63, 3.8) is 0 Å². The van der Waals surface area contributed by atoms with Gasteiger partial charge in [-0.05, 0) is 26.0 Å². The quantitative estimate of drug-likeness (QED) is 0.852. The molecule has 0 aliphatic carbocycles.